The van der Waals surface area contributed by atoms with Gasteiger partial charge in [0.25, 0.3) is 0 Å². The van der Waals surface area contributed by atoms with Crippen LogP contribution in [0.4, 0.5) is 0 Å². The number of ether oxygens (including phenoxy) is 2. The molecule has 1 aromatic rings. The summed E-state index contributed by atoms with van der Waals surface area (Å²) in [5.41, 5.74) is 1.24. The molecule has 0 aromatic heterocycles. The predicted octanol–water partition coefficient (Wildman–Crippen LogP) is 3.94. The number of nitrogens with one attached hydrogen (secondary N) is 1. The van der Waals surface area contributed by atoms with Crippen molar-refractivity contribution in [3.63, 3.8) is 0 Å². The molecule has 0 radical (unpaired) electrons. The van der Waals surface area contributed by atoms with Gasteiger partial charge in [0.1, 0.15) is 5.75 Å². The molecule has 4 heteroatoms. The first kappa shape index (κ1) is 16.8. The van der Waals surface area contributed by atoms with E-state index in [2.05, 4.69) is 34.2 Å². The Labute approximate surface area is 136 Å². The lowest BCUT2D eigenvalue weighted by Crippen LogP contribution is -2.36. The van der Waals surface area contributed by atoms with Gasteiger partial charge in [0.15, 0.2) is 0 Å². The average molecular weight is 356 g/mol. The Morgan fingerprint density at radius 1 is 1.43 bits per heavy atom. The fraction of sp³-hybridized carbons (Fsp3) is 0.647. The van der Waals surface area contributed by atoms with Crippen molar-refractivity contribution in [2.75, 3.05) is 20.3 Å². The van der Waals surface area contributed by atoms with Gasteiger partial charge in [-0.25, -0.2) is 0 Å². The molecule has 0 spiro atoms. The van der Waals surface area contributed by atoms with Crippen molar-refractivity contribution in [3.05, 3.63) is 28.2 Å². The van der Waals surface area contributed by atoms with Gasteiger partial charge in [-0.1, -0.05) is 22.9 Å². The molecule has 2 atom stereocenters. The van der Waals surface area contributed by atoms with E-state index in [0.717, 1.165) is 36.2 Å². The molecule has 2 rings (SSSR count). The van der Waals surface area contributed by atoms with Crippen LogP contribution in [0.5, 0.6) is 5.75 Å². The number of likely N-dealkylation sites (N-methyl/N-ethyl adjacent to an activating group) is 1. The van der Waals surface area contributed by atoms with Gasteiger partial charge in [0, 0.05) is 17.1 Å². The highest BCUT2D eigenvalue weighted by Crippen LogP contribution is 2.26. The molecule has 1 N–H and O–H groups in total. The van der Waals surface area contributed by atoms with Gasteiger partial charge in [-0.2, -0.15) is 0 Å². The van der Waals surface area contributed by atoms with Crippen LogP contribution < -0.4 is 10.1 Å². The SMILES string of the molecule is CCNC(Cc1cc(Br)ccc1OC)CC1CCCCO1. The smallest absolute Gasteiger partial charge is 0.122 e. The topological polar surface area (TPSA) is 30.5 Å². The summed E-state index contributed by atoms with van der Waals surface area (Å²) in [6.07, 6.45) is 6.14. The minimum Gasteiger partial charge on any atom is -0.496 e. The van der Waals surface area contributed by atoms with Gasteiger partial charge in [0.2, 0.25) is 0 Å². The molecule has 21 heavy (non-hydrogen) atoms. The van der Waals surface area contributed by atoms with Crippen LogP contribution >= 0.6 is 15.9 Å². The fourth-order valence-electron chi connectivity index (χ4n) is 3.01. The van der Waals surface area contributed by atoms with Crippen molar-refractivity contribution in [1.29, 1.82) is 0 Å². The summed E-state index contributed by atoms with van der Waals surface area (Å²) in [6.45, 7) is 4.06. The Hall–Kier alpha value is -0.580. The summed E-state index contributed by atoms with van der Waals surface area (Å²) in [4.78, 5) is 0. The molecule has 1 aromatic carbocycles. The van der Waals surface area contributed by atoms with Crippen LogP contribution in [0.2, 0.25) is 0 Å². The van der Waals surface area contributed by atoms with E-state index >= 15 is 0 Å². The molecule has 0 aliphatic carbocycles. The van der Waals surface area contributed by atoms with Crippen LogP contribution in [0.1, 0.15) is 38.2 Å². The molecule has 1 aliphatic rings. The van der Waals surface area contributed by atoms with Crippen LogP contribution in [-0.2, 0) is 11.2 Å². The zero-order chi connectivity index (χ0) is 15.1. The molecule has 0 bridgehead atoms. The Kier molecular flexibility index (Phi) is 7.00. The van der Waals surface area contributed by atoms with Crippen LogP contribution in [-0.4, -0.2) is 32.4 Å². The molecule has 0 saturated carbocycles. The number of rotatable bonds is 7. The standard InChI is InChI=1S/C17H26BrNO2/c1-3-19-15(12-16-6-4-5-9-21-16)11-13-10-14(18)7-8-17(13)20-2/h7-8,10,15-16,19H,3-6,9,11-12H2,1-2H3. The maximum atomic E-state index is 5.89. The van der Waals surface area contributed by atoms with E-state index in [1.165, 1.54) is 24.8 Å². The van der Waals surface area contributed by atoms with Gasteiger partial charge in [-0.15, -0.1) is 0 Å². The molecule has 1 fully saturated rings. The van der Waals surface area contributed by atoms with Gasteiger partial charge in [0.05, 0.1) is 13.2 Å². The number of hydrogen-bond donors (Lipinski definition) is 1. The lowest BCUT2D eigenvalue weighted by molar-refractivity contribution is 0.00532. The first-order chi connectivity index (χ1) is 10.2. The lowest BCUT2D eigenvalue weighted by atomic mass is 9.96. The van der Waals surface area contributed by atoms with Gasteiger partial charge >= 0.3 is 0 Å². The monoisotopic (exact) mass is 355 g/mol. The summed E-state index contributed by atoms with van der Waals surface area (Å²) in [7, 11) is 1.74. The van der Waals surface area contributed by atoms with E-state index in [1.54, 1.807) is 7.11 Å². The molecule has 0 amide bonds. The molecule has 118 valence electrons. The Morgan fingerprint density at radius 2 is 2.29 bits per heavy atom. The van der Waals surface area contributed by atoms with E-state index in [0.29, 0.717) is 12.1 Å². The highest BCUT2D eigenvalue weighted by molar-refractivity contribution is 9.10. The van der Waals surface area contributed by atoms with E-state index in [1.807, 2.05) is 12.1 Å². The third kappa shape index (κ3) is 5.28. The minimum atomic E-state index is 0.404. The van der Waals surface area contributed by atoms with Crippen molar-refractivity contribution in [1.82, 2.24) is 5.32 Å². The second kappa shape index (κ2) is 8.76. The van der Waals surface area contributed by atoms with Crippen molar-refractivity contribution in [2.45, 2.75) is 51.2 Å². The second-order valence-electron chi connectivity index (χ2n) is 5.64. The molecule has 2 unspecified atom stereocenters. The van der Waals surface area contributed by atoms with Crippen LogP contribution in [0.25, 0.3) is 0 Å². The van der Waals surface area contributed by atoms with E-state index in [4.69, 9.17) is 9.47 Å². The lowest BCUT2D eigenvalue weighted by Gasteiger charge is -2.28. The number of hydrogen-bond acceptors (Lipinski definition) is 3. The third-order valence-electron chi connectivity index (χ3n) is 4.02. The third-order valence-corrected chi connectivity index (χ3v) is 4.52. The summed E-state index contributed by atoms with van der Waals surface area (Å²) in [5.74, 6) is 0.964. The molecular formula is C17H26BrNO2. The van der Waals surface area contributed by atoms with E-state index in [9.17, 15) is 0 Å². The zero-order valence-corrected chi connectivity index (χ0v) is 14.6. The first-order valence-electron chi connectivity index (χ1n) is 7.90. The highest BCUT2D eigenvalue weighted by Gasteiger charge is 2.20. The first-order valence-corrected chi connectivity index (χ1v) is 8.69. The molecule has 1 aliphatic heterocycles. The van der Waals surface area contributed by atoms with Crippen LogP contribution in [0.15, 0.2) is 22.7 Å². The summed E-state index contributed by atoms with van der Waals surface area (Å²) < 4.78 is 12.5. The molecule has 1 saturated heterocycles. The minimum absolute atomic E-state index is 0.404. The molecular weight excluding hydrogens is 330 g/mol. The van der Waals surface area contributed by atoms with Gasteiger partial charge in [-0.05, 0) is 62.4 Å². The Balaban J connectivity index is 2.02. The van der Waals surface area contributed by atoms with Crippen molar-refractivity contribution >= 4 is 15.9 Å². The molecule has 1 heterocycles. The van der Waals surface area contributed by atoms with Crippen LogP contribution in [0.3, 0.4) is 0 Å². The normalized spacial score (nSPS) is 20.2. The van der Waals surface area contributed by atoms with Crippen molar-refractivity contribution < 1.29 is 9.47 Å². The van der Waals surface area contributed by atoms with Crippen molar-refractivity contribution in [2.24, 2.45) is 0 Å². The summed E-state index contributed by atoms with van der Waals surface area (Å²) >= 11 is 3.55. The van der Waals surface area contributed by atoms with E-state index in [-0.39, 0.29) is 0 Å². The maximum Gasteiger partial charge on any atom is 0.122 e. The zero-order valence-electron chi connectivity index (χ0n) is 13.0. The summed E-state index contributed by atoms with van der Waals surface area (Å²) in [5, 5.41) is 3.60. The van der Waals surface area contributed by atoms with Gasteiger partial charge < -0.3 is 14.8 Å². The molecule has 3 nitrogen and oxygen atoms in total. The van der Waals surface area contributed by atoms with Gasteiger partial charge in [-0.3, -0.25) is 0 Å². The quantitative estimate of drug-likeness (QED) is 0.803. The second-order valence-corrected chi connectivity index (χ2v) is 6.55. The van der Waals surface area contributed by atoms with E-state index < -0.39 is 0 Å². The van der Waals surface area contributed by atoms with Crippen LogP contribution in [0, 0.1) is 0 Å². The summed E-state index contributed by atoms with van der Waals surface area (Å²) in [6, 6.07) is 6.64. The number of benzene rings is 1. The predicted molar refractivity (Wildman–Crippen MR) is 90.1 cm³/mol. The number of halogens is 1. The maximum absolute atomic E-state index is 5.89. The Morgan fingerprint density at radius 3 is 2.95 bits per heavy atom. The highest BCUT2D eigenvalue weighted by atomic mass is 79.9. The average Bonchev–Trinajstić information content (AvgIpc) is 2.49. The fourth-order valence-corrected chi connectivity index (χ4v) is 3.42. The van der Waals surface area contributed by atoms with Crippen molar-refractivity contribution in [3.8, 4) is 5.75 Å². The largest absolute Gasteiger partial charge is 0.496 e. The number of methoxy groups -OCH3 is 1. The Bertz CT molecular complexity index is 433.